The third kappa shape index (κ3) is 8.52. The van der Waals surface area contributed by atoms with Crippen LogP contribution in [-0.2, 0) is 19.1 Å². The number of amides is 1. The summed E-state index contributed by atoms with van der Waals surface area (Å²) in [5.41, 5.74) is 1.34. The molecule has 0 aliphatic carbocycles. The Labute approximate surface area is 231 Å². The van der Waals surface area contributed by atoms with Gasteiger partial charge in [0, 0.05) is 23.2 Å². The summed E-state index contributed by atoms with van der Waals surface area (Å²) < 4.78 is 20.4. The van der Waals surface area contributed by atoms with Crippen LogP contribution >= 0.6 is 0 Å². The summed E-state index contributed by atoms with van der Waals surface area (Å²) in [6.07, 6.45) is -1.40. The maximum absolute atomic E-state index is 12.4. The molecule has 0 aromatic heterocycles. The minimum Gasteiger partial charge on any atom is -0.497 e. The predicted molar refractivity (Wildman–Crippen MR) is 145 cm³/mol. The second-order valence-corrected chi connectivity index (χ2v) is 8.58. The Hall–Kier alpha value is -4.99. The molecular formula is C30H29NO9. The van der Waals surface area contributed by atoms with Crippen molar-refractivity contribution in [2.24, 2.45) is 0 Å². The lowest BCUT2D eigenvalue weighted by Crippen LogP contribution is -2.25. The molecular weight excluding hydrogens is 518 g/mol. The first-order valence-electron chi connectivity index (χ1n) is 12.3. The van der Waals surface area contributed by atoms with Gasteiger partial charge in [-0.3, -0.25) is 19.2 Å². The number of Topliss-reactive ketones (excluding diaryl/α,β-unsaturated/α-hetero) is 2. The van der Waals surface area contributed by atoms with Crippen LogP contribution in [0, 0.1) is 0 Å². The van der Waals surface area contributed by atoms with Crippen LogP contribution in [0.15, 0.2) is 72.8 Å². The highest BCUT2D eigenvalue weighted by atomic mass is 16.5. The Balaban J connectivity index is 1.40. The van der Waals surface area contributed by atoms with Crippen molar-refractivity contribution in [3.63, 3.8) is 0 Å². The lowest BCUT2D eigenvalue weighted by Gasteiger charge is -2.13. The van der Waals surface area contributed by atoms with Gasteiger partial charge in [0.2, 0.25) is 11.7 Å². The van der Waals surface area contributed by atoms with E-state index in [9.17, 15) is 24.0 Å². The molecule has 0 heterocycles. The van der Waals surface area contributed by atoms with Crippen LogP contribution in [0.1, 0.15) is 50.8 Å². The molecule has 0 aliphatic rings. The summed E-state index contributed by atoms with van der Waals surface area (Å²) in [4.78, 5) is 61.3. The van der Waals surface area contributed by atoms with Gasteiger partial charge in [-0.05, 0) is 79.7 Å². The molecule has 3 aromatic rings. The molecule has 0 bridgehead atoms. The van der Waals surface area contributed by atoms with Crippen LogP contribution in [0.5, 0.6) is 11.5 Å². The van der Waals surface area contributed by atoms with Gasteiger partial charge < -0.3 is 24.3 Å². The Kier molecular flexibility index (Phi) is 10.5. The summed E-state index contributed by atoms with van der Waals surface area (Å²) in [5, 5.41) is 2.62. The third-order valence-corrected chi connectivity index (χ3v) is 5.76. The van der Waals surface area contributed by atoms with Gasteiger partial charge in [0.05, 0.1) is 26.2 Å². The average Bonchev–Trinajstić information content (AvgIpc) is 2.98. The van der Waals surface area contributed by atoms with Gasteiger partial charge in [0.1, 0.15) is 11.5 Å². The van der Waals surface area contributed by atoms with E-state index in [1.54, 1.807) is 48.5 Å². The van der Waals surface area contributed by atoms with Gasteiger partial charge >= 0.3 is 11.9 Å². The summed E-state index contributed by atoms with van der Waals surface area (Å²) in [5.74, 6) is -1.37. The standard InChI is InChI=1S/C30H29NO9/c1-19(29(35)21-8-14-25(38-3)15-9-21)40-28(34)17-16-27(33)31-23-10-4-22(5-11-23)30(36)39-18-26(32)20-6-12-24(37-2)13-7-20/h4-15,19H,16-18H2,1-3H3,(H,31,33)/t19-/m1/s1. The minimum atomic E-state index is -1.01. The first kappa shape index (κ1) is 29.6. The largest absolute Gasteiger partial charge is 0.497 e. The highest BCUT2D eigenvalue weighted by molar-refractivity contribution is 6.01. The number of ketones is 2. The van der Waals surface area contributed by atoms with Crippen molar-refractivity contribution in [3.05, 3.63) is 89.5 Å². The van der Waals surface area contributed by atoms with Crippen LogP contribution < -0.4 is 14.8 Å². The number of esters is 2. The highest BCUT2D eigenvalue weighted by Gasteiger charge is 2.20. The lowest BCUT2D eigenvalue weighted by atomic mass is 10.1. The molecule has 0 saturated heterocycles. The van der Waals surface area contributed by atoms with Gasteiger partial charge in [-0.25, -0.2) is 4.79 Å². The van der Waals surface area contributed by atoms with E-state index in [0.29, 0.717) is 28.3 Å². The molecule has 0 saturated carbocycles. The molecule has 0 spiro atoms. The lowest BCUT2D eigenvalue weighted by molar-refractivity contribution is -0.147. The number of hydrogen-bond acceptors (Lipinski definition) is 9. The van der Waals surface area contributed by atoms with Crippen LogP contribution in [0.25, 0.3) is 0 Å². The van der Waals surface area contributed by atoms with Crippen LogP contribution in [0.4, 0.5) is 5.69 Å². The quantitative estimate of drug-likeness (QED) is 0.246. The fraction of sp³-hybridized carbons (Fsp3) is 0.233. The number of ether oxygens (including phenoxy) is 4. The van der Waals surface area contributed by atoms with Crippen LogP contribution in [0.3, 0.4) is 0 Å². The van der Waals surface area contributed by atoms with E-state index in [-0.39, 0.29) is 30.0 Å². The van der Waals surface area contributed by atoms with Crippen LogP contribution in [0.2, 0.25) is 0 Å². The van der Waals surface area contributed by atoms with Crippen molar-refractivity contribution in [3.8, 4) is 11.5 Å². The zero-order valence-corrected chi connectivity index (χ0v) is 22.3. The van der Waals surface area contributed by atoms with E-state index in [1.807, 2.05) is 0 Å². The Morgan fingerprint density at radius 2 is 1.23 bits per heavy atom. The second-order valence-electron chi connectivity index (χ2n) is 8.58. The Bertz CT molecular complexity index is 1350. The smallest absolute Gasteiger partial charge is 0.338 e. The Morgan fingerprint density at radius 3 is 1.77 bits per heavy atom. The highest BCUT2D eigenvalue weighted by Crippen LogP contribution is 2.16. The first-order valence-corrected chi connectivity index (χ1v) is 12.3. The molecule has 10 heteroatoms. The molecule has 208 valence electrons. The molecule has 40 heavy (non-hydrogen) atoms. The zero-order chi connectivity index (χ0) is 29.1. The van der Waals surface area contributed by atoms with Gasteiger partial charge in [-0.15, -0.1) is 0 Å². The zero-order valence-electron chi connectivity index (χ0n) is 22.3. The molecule has 1 amide bonds. The number of methoxy groups -OCH3 is 2. The normalized spacial score (nSPS) is 11.1. The minimum absolute atomic E-state index is 0.167. The fourth-order valence-electron chi connectivity index (χ4n) is 3.50. The number of anilines is 1. The van der Waals surface area contributed by atoms with Gasteiger partial charge in [0.25, 0.3) is 0 Å². The number of benzene rings is 3. The average molecular weight is 548 g/mol. The van der Waals surface area contributed by atoms with Crippen LogP contribution in [-0.4, -0.2) is 56.3 Å². The molecule has 0 unspecified atom stereocenters. The van der Waals surface area contributed by atoms with Crippen molar-refractivity contribution in [2.45, 2.75) is 25.9 Å². The van der Waals surface area contributed by atoms with Gasteiger partial charge in [-0.1, -0.05) is 0 Å². The van der Waals surface area contributed by atoms with Crippen molar-refractivity contribution in [1.29, 1.82) is 0 Å². The number of carbonyl (C=O) groups excluding carboxylic acids is 5. The molecule has 3 aromatic carbocycles. The molecule has 0 radical (unpaired) electrons. The van der Waals surface area contributed by atoms with E-state index in [0.717, 1.165) is 0 Å². The van der Waals surface area contributed by atoms with E-state index in [2.05, 4.69) is 5.32 Å². The maximum Gasteiger partial charge on any atom is 0.338 e. The van der Waals surface area contributed by atoms with E-state index < -0.39 is 30.6 Å². The molecule has 1 N–H and O–H groups in total. The monoisotopic (exact) mass is 547 g/mol. The van der Waals surface area contributed by atoms with E-state index in [1.165, 1.54) is 45.4 Å². The summed E-state index contributed by atoms with van der Waals surface area (Å²) in [7, 11) is 3.03. The number of nitrogens with one attached hydrogen (secondary N) is 1. The molecule has 0 fully saturated rings. The van der Waals surface area contributed by atoms with Crippen molar-refractivity contribution in [2.75, 3.05) is 26.1 Å². The first-order chi connectivity index (χ1) is 19.2. The summed E-state index contributed by atoms with van der Waals surface area (Å²) >= 11 is 0. The summed E-state index contributed by atoms with van der Waals surface area (Å²) in [6.45, 7) is 1.04. The van der Waals surface area contributed by atoms with E-state index in [4.69, 9.17) is 18.9 Å². The molecule has 0 aliphatic heterocycles. The molecule has 3 rings (SSSR count). The second kappa shape index (κ2) is 14.2. The van der Waals surface area contributed by atoms with Crippen molar-refractivity contribution < 1.29 is 42.9 Å². The van der Waals surface area contributed by atoms with E-state index >= 15 is 0 Å². The number of carbonyl (C=O) groups is 5. The van der Waals surface area contributed by atoms with Gasteiger partial charge in [-0.2, -0.15) is 0 Å². The summed E-state index contributed by atoms with van der Waals surface area (Å²) in [6, 6.07) is 18.7. The van der Waals surface area contributed by atoms with Gasteiger partial charge in [0.15, 0.2) is 18.5 Å². The maximum atomic E-state index is 12.4. The molecule has 10 nitrogen and oxygen atoms in total. The van der Waals surface area contributed by atoms with Crippen molar-refractivity contribution in [1.82, 2.24) is 0 Å². The molecule has 1 atom stereocenters. The predicted octanol–water partition coefficient (Wildman–Crippen LogP) is 4.28. The SMILES string of the molecule is COc1ccc(C(=O)COC(=O)c2ccc(NC(=O)CCC(=O)O[C@H](C)C(=O)c3ccc(OC)cc3)cc2)cc1. The number of hydrogen-bond donors (Lipinski definition) is 1. The fourth-order valence-corrected chi connectivity index (χ4v) is 3.50. The number of rotatable bonds is 13. The third-order valence-electron chi connectivity index (χ3n) is 5.76. The van der Waals surface area contributed by atoms with Crippen molar-refractivity contribution >= 4 is 35.1 Å². The topological polar surface area (TPSA) is 134 Å². The Morgan fingerprint density at radius 1 is 0.700 bits per heavy atom.